The molecule has 1 aliphatic rings. The van der Waals surface area contributed by atoms with Gasteiger partial charge in [-0.2, -0.15) is 0 Å². The van der Waals surface area contributed by atoms with Crippen LogP contribution in [0.5, 0.6) is 0 Å². The maximum absolute atomic E-state index is 13.7. The van der Waals surface area contributed by atoms with Crippen molar-refractivity contribution in [2.45, 2.75) is 71.5 Å². The number of hydrogen-bond donors (Lipinski definition) is 7. The number of nitrogens with one attached hydrogen (secondary N) is 4. The highest BCUT2D eigenvalue weighted by Crippen LogP contribution is 2.27. The highest BCUT2D eigenvalue weighted by atomic mass is 16.4. The molecule has 0 saturated heterocycles. The van der Waals surface area contributed by atoms with Gasteiger partial charge in [0.15, 0.2) is 5.96 Å². The van der Waals surface area contributed by atoms with Crippen LogP contribution >= 0.6 is 0 Å². The van der Waals surface area contributed by atoms with Crippen molar-refractivity contribution in [1.82, 2.24) is 21.3 Å². The van der Waals surface area contributed by atoms with Crippen LogP contribution in [0.15, 0.2) is 46.5 Å². The first-order valence-corrected chi connectivity index (χ1v) is 14.0. The molecule has 0 unspecified atom stereocenters. The number of carboxylic acid groups (broad SMARTS) is 1. The van der Waals surface area contributed by atoms with E-state index in [2.05, 4.69) is 26.3 Å². The first-order chi connectivity index (χ1) is 19.8. The highest BCUT2D eigenvalue weighted by Gasteiger charge is 2.33. The van der Waals surface area contributed by atoms with Crippen molar-refractivity contribution in [2.24, 2.45) is 28.3 Å². The first-order valence-electron chi connectivity index (χ1n) is 14.0. The number of carbonyl (C=O) groups is 5. The zero-order valence-corrected chi connectivity index (χ0v) is 24.6. The fraction of sp³-hybridized carbons (Fsp3) is 0.517. The molecule has 230 valence electrons. The molecular formula is C29H43N7O6. The topological polar surface area (TPSA) is 218 Å². The lowest BCUT2D eigenvalue weighted by Gasteiger charge is -2.29. The third-order valence-electron chi connectivity index (χ3n) is 7.19. The van der Waals surface area contributed by atoms with E-state index >= 15 is 0 Å². The molecule has 0 fully saturated rings. The number of carboxylic acids is 1. The third kappa shape index (κ3) is 10.5. The van der Waals surface area contributed by atoms with Crippen molar-refractivity contribution in [3.63, 3.8) is 0 Å². The Kier molecular flexibility index (Phi) is 13.0. The number of amides is 4. The largest absolute Gasteiger partial charge is 0.481 e. The van der Waals surface area contributed by atoms with Gasteiger partial charge in [0.1, 0.15) is 12.1 Å². The normalized spacial score (nSPS) is 24.4. The number of benzene rings is 1. The monoisotopic (exact) mass is 585 g/mol. The Hall–Kier alpha value is -4.42. The van der Waals surface area contributed by atoms with Gasteiger partial charge in [0, 0.05) is 6.54 Å². The average Bonchev–Trinajstić information content (AvgIpc) is 2.91. The van der Waals surface area contributed by atoms with Crippen molar-refractivity contribution >= 4 is 35.6 Å². The lowest BCUT2D eigenvalue weighted by Crippen LogP contribution is -2.54. The van der Waals surface area contributed by atoms with E-state index in [9.17, 15) is 29.1 Å². The molecule has 1 aromatic rings. The van der Waals surface area contributed by atoms with Crippen molar-refractivity contribution in [1.29, 1.82) is 0 Å². The molecule has 1 heterocycles. The summed E-state index contributed by atoms with van der Waals surface area (Å²) in [4.78, 5) is 68.3. The van der Waals surface area contributed by atoms with Crippen molar-refractivity contribution in [3.05, 3.63) is 47.0 Å². The molecule has 4 atom stereocenters. The molecular weight excluding hydrogens is 542 g/mol. The SMILES string of the molecule is C/C1=C(/C)[C@@H](Cc2ccccc2)NC(=O)[C@H](CC(=O)O)NC(=O)CNC(=O)[C@H](CCCN=C(N)N)NC(=O)[C@H]1C(C)C. The number of nitrogens with two attached hydrogens (primary N) is 2. The standard InChI is InChI=1S/C29H43N7O6/c1-16(2)25-18(4)17(3)21(13-19-9-6-5-7-10-19)36-27(41)22(14-24(38)39)34-23(37)15-33-26(40)20(35-28(25)42)11-8-12-32-29(30)31/h5-7,9-10,16,20-22,25H,8,11-15H2,1-4H3,(H,33,40)(H,34,37)(H,35,42)(H,36,41)(H,38,39)(H4,30,31,32)/b18-17+/t20-,21+,22-,25-/m0/s1. The molecule has 0 bridgehead atoms. The second-order valence-corrected chi connectivity index (χ2v) is 10.8. The van der Waals surface area contributed by atoms with Gasteiger partial charge >= 0.3 is 5.97 Å². The van der Waals surface area contributed by atoms with Crippen LogP contribution in [0.25, 0.3) is 0 Å². The van der Waals surface area contributed by atoms with E-state index in [0.717, 1.165) is 5.56 Å². The van der Waals surface area contributed by atoms with E-state index < -0.39 is 60.7 Å². The van der Waals surface area contributed by atoms with Gasteiger partial charge < -0.3 is 37.8 Å². The quantitative estimate of drug-likeness (QED) is 0.0899. The number of nitrogens with zero attached hydrogens (tertiary/aromatic N) is 1. The fourth-order valence-corrected chi connectivity index (χ4v) is 4.91. The van der Waals surface area contributed by atoms with Crippen LogP contribution in [0, 0.1) is 11.8 Å². The molecule has 13 heteroatoms. The zero-order chi connectivity index (χ0) is 31.4. The summed E-state index contributed by atoms with van der Waals surface area (Å²) in [5.41, 5.74) is 13.1. The van der Waals surface area contributed by atoms with Crippen LogP contribution in [-0.4, -0.2) is 71.9 Å². The van der Waals surface area contributed by atoms with Gasteiger partial charge in [-0.3, -0.25) is 29.0 Å². The Morgan fingerprint density at radius 2 is 1.57 bits per heavy atom. The molecule has 0 aliphatic carbocycles. The Balaban J connectivity index is 2.56. The number of aliphatic carboxylic acids is 1. The summed E-state index contributed by atoms with van der Waals surface area (Å²) in [5.74, 6) is -4.63. The molecule has 2 rings (SSSR count). The second-order valence-electron chi connectivity index (χ2n) is 10.8. The summed E-state index contributed by atoms with van der Waals surface area (Å²) in [6.45, 7) is 7.11. The number of rotatable bonds is 9. The summed E-state index contributed by atoms with van der Waals surface area (Å²) < 4.78 is 0. The van der Waals surface area contributed by atoms with Gasteiger partial charge in [-0.15, -0.1) is 0 Å². The minimum atomic E-state index is -1.39. The van der Waals surface area contributed by atoms with Crippen LogP contribution in [0.3, 0.4) is 0 Å². The Morgan fingerprint density at radius 1 is 0.929 bits per heavy atom. The Labute approximate surface area is 246 Å². The molecule has 9 N–H and O–H groups in total. The third-order valence-corrected chi connectivity index (χ3v) is 7.19. The Bertz CT molecular complexity index is 1190. The van der Waals surface area contributed by atoms with Crippen LogP contribution in [0.1, 0.15) is 52.5 Å². The predicted molar refractivity (Wildman–Crippen MR) is 158 cm³/mol. The van der Waals surface area contributed by atoms with Gasteiger partial charge in [-0.1, -0.05) is 55.3 Å². The van der Waals surface area contributed by atoms with Crippen LogP contribution in [-0.2, 0) is 30.4 Å². The van der Waals surface area contributed by atoms with E-state index in [1.807, 2.05) is 58.0 Å². The van der Waals surface area contributed by atoms with Crippen LogP contribution < -0.4 is 32.7 Å². The smallest absolute Gasteiger partial charge is 0.305 e. The Morgan fingerprint density at radius 3 is 2.17 bits per heavy atom. The molecule has 42 heavy (non-hydrogen) atoms. The molecule has 1 aliphatic heterocycles. The number of hydrogen-bond acceptors (Lipinski definition) is 6. The van der Waals surface area contributed by atoms with Gasteiger partial charge in [-0.25, -0.2) is 0 Å². The molecule has 0 aromatic heterocycles. The fourth-order valence-electron chi connectivity index (χ4n) is 4.91. The highest BCUT2D eigenvalue weighted by molar-refractivity contribution is 5.94. The first kappa shape index (κ1) is 33.8. The van der Waals surface area contributed by atoms with Gasteiger partial charge in [0.25, 0.3) is 0 Å². The van der Waals surface area contributed by atoms with Gasteiger partial charge in [0.2, 0.25) is 23.6 Å². The maximum Gasteiger partial charge on any atom is 0.305 e. The summed E-state index contributed by atoms with van der Waals surface area (Å²) in [6, 6.07) is 6.41. The second kappa shape index (κ2) is 16.1. The van der Waals surface area contributed by atoms with Gasteiger partial charge in [-0.05, 0) is 44.6 Å². The maximum atomic E-state index is 13.7. The summed E-state index contributed by atoms with van der Waals surface area (Å²) in [6.07, 6.45) is 0.276. The lowest BCUT2D eigenvalue weighted by molar-refractivity contribution is -0.140. The average molecular weight is 586 g/mol. The summed E-state index contributed by atoms with van der Waals surface area (Å²) in [7, 11) is 0. The minimum Gasteiger partial charge on any atom is -0.481 e. The van der Waals surface area contributed by atoms with Crippen LogP contribution in [0.4, 0.5) is 0 Å². The molecule has 13 nitrogen and oxygen atoms in total. The van der Waals surface area contributed by atoms with E-state index in [1.165, 1.54) is 0 Å². The molecule has 0 spiro atoms. The number of guanidine groups is 1. The summed E-state index contributed by atoms with van der Waals surface area (Å²) in [5, 5.41) is 20.1. The van der Waals surface area contributed by atoms with Gasteiger partial charge in [0.05, 0.1) is 24.9 Å². The van der Waals surface area contributed by atoms with E-state index in [0.29, 0.717) is 24.0 Å². The lowest BCUT2D eigenvalue weighted by atomic mass is 9.82. The molecule has 1 aromatic carbocycles. The zero-order valence-electron chi connectivity index (χ0n) is 24.6. The van der Waals surface area contributed by atoms with Crippen molar-refractivity contribution < 1.29 is 29.1 Å². The number of aliphatic imine (C=N–C) groups is 1. The minimum absolute atomic E-state index is 0.0949. The van der Waals surface area contributed by atoms with E-state index in [4.69, 9.17) is 11.5 Å². The number of carbonyl (C=O) groups excluding carboxylic acids is 4. The van der Waals surface area contributed by atoms with E-state index in [-0.39, 0.29) is 30.8 Å². The summed E-state index contributed by atoms with van der Waals surface area (Å²) >= 11 is 0. The van der Waals surface area contributed by atoms with Crippen molar-refractivity contribution in [3.8, 4) is 0 Å². The molecule has 4 amide bonds. The molecule has 0 saturated carbocycles. The van der Waals surface area contributed by atoms with Crippen LogP contribution in [0.2, 0.25) is 0 Å². The van der Waals surface area contributed by atoms with E-state index in [1.54, 1.807) is 0 Å². The van der Waals surface area contributed by atoms with Crippen molar-refractivity contribution in [2.75, 3.05) is 13.1 Å². The molecule has 0 radical (unpaired) electrons. The predicted octanol–water partition coefficient (Wildman–Crippen LogP) is -0.0498.